The predicted molar refractivity (Wildman–Crippen MR) is 80.6 cm³/mol. The predicted octanol–water partition coefficient (Wildman–Crippen LogP) is 3.97. The smallest absolute Gasteiger partial charge is 0.0499 e. The van der Waals surface area contributed by atoms with Crippen LogP contribution in [0.5, 0.6) is 0 Å². The van der Waals surface area contributed by atoms with Crippen LogP contribution in [0.4, 0.5) is 0 Å². The van der Waals surface area contributed by atoms with Crippen LogP contribution in [-0.2, 0) is 6.42 Å². The number of aromatic nitrogens is 1. The van der Waals surface area contributed by atoms with Crippen molar-refractivity contribution in [3.05, 3.63) is 47.1 Å². The number of H-pyrrole nitrogens is 1. The van der Waals surface area contributed by atoms with E-state index < -0.39 is 0 Å². The molecule has 0 bridgehead atoms. The number of likely N-dealkylation sites (tertiary alicyclic amines) is 1. The zero-order valence-electron chi connectivity index (χ0n) is 11.0. The Kier molecular flexibility index (Phi) is 3.90. The molecule has 1 aliphatic rings. The summed E-state index contributed by atoms with van der Waals surface area (Å²) in [4.78, 5) is 6.02. The van der Waals surface area contributed by atoms with E-state index >= 15 is 0 Å². The third-order valence-corrected chi connectivity index (χ3v) is 4.14. The van der Waals surface area contributed by atoms with Gasteiger partial charge in [-0.2, -0.15) is 0 Å². The molecule has 1 aromatic heterocycles. The fraction of sp³-hybridized carbons (Fsp3) is 0.375. The van der Waals surface area contributed by atoms with Gasteiger partial charge >= 0.3 is 0 Å². The van der Waals surface area contributed by atoms with Gasteiger partial charge < -0.3 is 9.88 Å². The molecule has 1 saturated heterocycles. The number of rotatable bonds is 4. The van der Waals surface area contributed by atoms with Crippen molar-refractivity contribution in [2.75, 3.05) is 19.6 Å². The first-order valence-electron chi connectivity index (χ1n) is 6.98. The molecule has 2 nitrogen and oxygen atoms in total. The molecular formula is C16H19ClN2. The summed E-state index contributed by atoms with van der Waals surface area (Å²) in [7, 11) is 0. The summed E-state index contributed by atoms with van der Waals surface area (Å²) >= 11 is 6.22. The lowest BCUT2D eigenvalue weighted by molar-refractivity contribution is 0.342. The van der Waals surface area contributed by atoms with Crippen LogP contribution in [-0.4, -0.2) is 29.5 Å². The van der Waals surface area contributed by atoms with Gasteiger partial charge in [0.05, 0.1) is 0 Å². The van der Waals surface area contributed by atoms with Crippen LogP contribution in [0.1, 0.15) is 18.5 Å². The van der Waals surface area contributed by atoms with Crippen molar-refractivity contribution < 1.29 is 0 Å². The molecule has 3 rings (SSSR count). The molecule has 100 valence electrons. The van der Waals surface area contributed by atoms with Crippen LogP contribution in [0.15, 0.2) is 36.4 Å². The average Bonchev–Trinajstić information content (AvgIpc) is 3.08. The van der Waals surface area contributed by atoms with Crippen molar-refractivity contribution in [3.63, 3.8) is 0 Å². The number of aromatic amines is 1. The van der Waals surface area contributed by atoms with E-state index in [1.807, 2.05) is 18.2 Å². The van der Waals surface area contributed by atoms with Gasteiger partial charge in [-0.1, -0.05) is 29.8 Å². The fourth-order valence-electron chi connectivity index (χ4n) is 2.71. The van der Waals surface area contributed by atoms with Gasteiger partial charge in [-0.25, -0.2) is 0 Å². The van der Waals surface area contributed by atoms with Crippen LogP contribution in [0.3, 0.4) is 0 Å². The normalized spacial score (nSPS) is 16.1. The SMILES string of the molecule is Clc1ccccc1-c1ccc(CCN2CCCC2)[nH]1. The molecule has 2 heterocycles. The maximum atomic E-state index is 6.22. The zero-order chi connectivity index (χ0) is 13.1. The van der Waals surface area contributed by atoms with Gasteiger partial charge in [0, 0.05) is 34.9 Å². The van der Waals surface area contributed by atoms with Gasteiger partial charge in [-0.3, -0.25) is 0 Å². The maximum Gasteiger partial charge on any atom is 0.0499 e. The highest BCUT2D eigenvalue weighted by Crippen LogP contribution is 2.26. The first-order chi connectivity index (χ1) is 9.33. The Bertz CT molecular complexity index is 541. The Morgan fingerprint density at radius 1 is 1.05 bits per heavy atom. The minimum atomic E-state index is 0.801. The van der Waals surface area contributed by atoms with Crippen molar-refractivity contribution in [1.82, 2.24) is 9.88 Å². The number of nitrogens with zero attached hydrogens (tertiary/aromatic N) is 1. The summed E-state index contributed by atoms with van der Waals surface area (Å²) in [6, 6.07) is 12.3. The van der Waals surface area contributed by atoms with Gasteiger partial charge in [-0.15, -0.1) is 0 Å². The monoisotopic (exact) mass is 274 g/mol. The van der Waals surface area contributed by atoms with Crippen molar-refractivity contribution in [2.45, 2.75) is 19.3 Å². The maximum absolute atomic E-state index is 6.22. The van der Waals surface area contributed by atoms with Gasteiger partial charge in [0.2, 0.25) is 0 Å². The van der Waals surface area contributed by atoms with E-state index in [1.54, 1.807) is 0 Å². The molecule has 1 fully saturated rings. The number of hydrogen-bond acceptors (Lipinski definition) is 1. The largest absolute Gasteiger partial charge is 0.358 e. The van der Waals surface area contributed by atoms with E-state index in [-0.39, 0.29) is 0 Å². The van der Waals surface area contributed by atoms with Crippen molar-refractivity contribution >= 4 is 11.6 Å². The lowest BCUT2D eigenvalue weighted by Crippen LogP contribution is -2.21. The lowest BCUT2D eigenvalue weighted by Gasteiger charge is -2.13. The Morgan fingerprint density at radius 2 is 1.84 bits per heavy atom. The zero-order valence-corrected chi connectivity index (χ0v) is 11.8. The van der Waals surface area contributed by atoms with E-state index in [9.17, 15) is 0 Å². The molecule has 1 aliphatic heterocycles. The van der Waals surface area contributed by atoms with Crippen LogP contribution in [0.25, 0.3) is 11.3 Å². The first kappa shape index (κ1) is 12.8. The summed E-state index contributed by atoms with van der Waals surface area (Å²) in [5, 5.41) is 0.801. The summed E-state index contributed by atoms with van der Waals surface area (Å²) in [6.07, 6.45) is 3.80. The lowest BCUT2D eigenvalue weighted by atomic mass is 10.2. The average molecular weight is 275 g/mol. The van der Waals surface area contributed by atoms with Gasteiger partial charge in [0.25, 0.3) is 0 Å². The fourth-order valence-corrected chi connectivity index (χ4v) is 2.95. The van der Waals surface area contributed by atoms with E-state index in [4.69, 9.17) is 11.6 Å². The van der Waals surface area contributed by atoms with Gasteiger partial charge in [0.1, 0.15) is 0 Å². The molecule has 0 saturated carbocycles. The number of hydrogen-bond donors (Lipinski definition) is 1. The summed E-state index contributed by atoms with van der Waals surface area (Å²) in [5.41, 5.74) is 3.49. The number of halogens is 1. The molecule has 0 radical (unpaired) electrons. The van der Waals surface area contributed by atoms with E-state index in [1.165, 1.54) is 31.6 Å². The van der Waals surface area contributed by atoms with Crippen LogP contribution < -0.4 is 0 Å². The second-order valence-electron chi connectivity index (χ2n) is 5.18. The Hall–Kier alpha value is -1.25. The standard InChI is InChI=1S/C16H19ClN2/c17-15-6-2-1-5-14(15)16-8-7-13(18-16)9-12-19-10-3-4-11-19/h1-2,5-8,18H,3-4,9-12H2. The molecule has 0 aliphatic carbocycles. The molecule has 0 atom stereocenters. The minimum absolute atomic E-state index is 0.801. The molecule has 1 N–H and O–H groups in total. The second-order valence-corrected chi connectivity index (χ2v) is 5.58. The van der Waals surface area contributed by atoms with Crippen LogP contribution >= 0.6 is 11.6 Å². The Balaban J connectivity index is 1.67. The third-order valence-electron chi connectivity index (χ3n) is 3.81. The first-order valence-corrected chi connectivity index (χ1v) is 7.36. The molecule has 1 aromatic carbocycles. The van der Waals surface area contributed by atoms with E-state index in [0.29, 0.717) is 0 Å². The van der Waals surface area contributed by atoms with Crippen molar-refractivity contribution in [2.24, 2.45) is 0 Å². The summed E-state index contributed by atoms with van der Waals surface area (Å²) in [5.74, 6) is 0. The second kappa shape index (κ2) is 5.81. The molecule has 0 amide bonds. The van der Waals surface area contributed by atoms with Crippen LogP contribution in [0, 0.1) is 0 Å². The quantitative estimate of drug-likeness (QED) is 0.894. The van der Waals surface area contributed by atoms with E-state index in [0.717, 1.165) is 29.2 Å². The molecular weight excluding hydrogens is 256 g/mol. The highest BCUT2D eigenvalue weighted by atomic mass is 35.5. The number of benzene rings is 1. The van der Waals surface area contributed by atoms with E-state index in [2.05, 4.69) is 28.1 Å². The topological polar surface area (TPSA) is 19.0 Å². The highest BCUT2D eigenvalue weighted by Gasteiger charge is 2.11. The summed E-state index contributed by atoms with van der Waals surface area (Å²) in [6.45, 7) is 3.68. The molecule has 0 spiro atoms. The molecule has 3 heteroatoms. The molecule has 19 heavy (non-hydrogen) atoms. The minimum Gasteiger partial charge on any atom is -0.358 e. The Morgan fingerprint density at radius 3 is 2.63 bits per heavy atom. The third kappa shape index (κ3) is 3.02. The molecule has 0 unspecified atom stereocenters. The number of nitrogens with one attached hydrogen (secondary N) is 1. The van der Waals surface area contributed by atoms with Gasteiger partial charge in [0.15, 0.2) is 0 Å². The van der Waals surface area contributed by atoms with Crippen LogP contribution in [0.2, 0.25) is 5.02 Å². The Labute approximate surface area is 119 Å². The van der Waals surface area contributed by atoms with Crippen molar-refractivity contribution in [3.8, 4) is 11.3 Å². The summed E-state index contributed by atoms with van der Waals surface area (Å²) < 4.78 is 0. The highest BCUT2D eigenvalue weighted by molar-refractivity contribution is 6.33. The van der Waals surface area contributed by atoms with Gasteiger partial charge in [-0.05, 0) is 44.1 Å². The molecule has 2 aromatic rings. The van der Waals surface area contributed by atoms with Crippen molar-refractivity contribution in [1.29, 1.82) is 0 Å².